The van der Waals surface area contributed by atoms with Crippen LogP contribution in [0.15, 0.2) is 18.2 Å². The molecule has 0 spiro atoms. The summed E-state index contributed by atoms with van der Waals surface area (Å²) in [6.07, 6.45) is 0. The highest BCUT2D eigenvalue weighted by Crippen LogP contribution is 2.34. The van der Waals surface area contributed by atoms with Gasteiger partial charge in [-0.3, -0.25) is 0 Å². The summed E-state index contributed by atoms with van der Waals surface area (Å²) in [5, 5.41) is 6.12. The number of hydrogen-bond acceptors (Lipinski definition) is 1. The molecule has 0 saturated heterocycles. The van der Waals surface area contributed by atoms with Crippen LogP contribution in [0.25, 0.3) is 5.69 Å². The summed E-state index contributed by atoms with van der Waals surface area (Å²) in [6, 6.07) is 5.19. The molecule has 6 heteroatoms. The van der Waals surface area contributed by atoms with Crippen molar-refractivity contribution in [1.82, 2.24) is 9.78 Å². The molecule has 0 radical (unpaired) electrons. The van der Waals surface area contributed by atoms with Crippen molar-refractivity contribution in [2.45, 2.75) is 32.1 Å². The molecule has 2 nitrogen and oxygen atoms in total. The van der Waals surface area contributed by atoms with E-state index in [4.69, 9.17) is 46.4 Å². The molecule has 0 bridgehead atoms. The SMILES string of the molecule is CC(C)(C)c1nn(-c2ccc(Cl)cc2Cl)c(Cl)c1CCl. The lowest BCUT2D eigenvalue weighted by Gasteiger charge is -2.16. The second-order valence-corrected chi connectivity index (χ2v) is 6.98. The summed E-state index contributed by atoms with van der Waals surface area (Å²) in [5.74, 6) is 0.302. The van der Waals surface area contributed by atoms with E-state index in [1.54, 1.807) is 22.9 Å². The van der Waals surface area contributed by atoms with Crippen molar-refractivity contribution in [2.75, 3.05) is 0 Å². The van der Waals surface area contributed by atoms with Crippen LogP contribution in [-0.2, 0) is 11.3 Å². The van der Waals surface area contributed by atoms with E-state index >= 15 is 0 Å². The molecule has 2 aromatic rings. The Morgan fingerprint density at radius 2 is 1.80 bits per heavy atom. The Kier molecular flexibility index (Phi) is 4.60. The molecule has 0 aliphatic rings. The summed E-state index contributed by atoms with van der Waals surface area (Å²) in [4.78, 5) is 0. The van der Waals surface area contributed by atoms with Gasteiger partial charge in [-0.05, 0) is 18.2 Å². The second kappa shape index (κ2) is 5.76. The zero-order valence-corrected chi connectivity index (χ0v) is 14.4. The van der Waals surface area contributed by atoms with Crippen LogP contribution in [0.2, 0.25) is 15.2 Å². The van der Waals surface area contributed by atoms with Gasteiger partial charge in [0, 0.05) is 16.0 Å². The van der Waals surface area contributed by atoms with Crippen LogP contribution in [0.1, 0.15) is 32.0 Å². The number of aromatic nitrogens is 2. The molecular formula is C14H14Cl4N2. The molecule has 1 aromatic carbocycles. The quantitative estimate of drug-likeness (QED) is 0.618. The molecule has 0 amide bonds. The minimum atomic E-state index is -0.155. The molecule has 20 heavy (non-hydrogen) atoms. The van der Waals surface area contributed by atoms with E-state index < -0.39 is 0 Å². The fourth-order valence-electron chi connectivity index (χ4n) is 1.96. The molecule has 1 heterocycles. The third kappa shape index (κ3) is 2.94. The van der Waals surface area contributed by atoms with Crippen molar-refractivity contribution in [2.24, 2.45) is 0 Å². The van der Waals surface area contributed by atoms with E-state index in [9.17, 15) is 0 Å². The smallest absolute Gasteiger partial charge is 0.137 e. The Labute approximate surface area is 138 Å². The third-order valence-electron chi connectivity index (χ3n) is 2.90. The molecule has 1 aromatic heterocycles. The first kappa shape index (κ1) is 16.0. The highest BCUT2D eigenvalue weighted by atomic mass is 35.5. The molecule has 108 valence electrons. The maximum Gasteiger partial charge on any atom is 0.137 e. The minimum Gasteiger partial charge on any atom is -0.220 e. The minimum absolute atomic E-state index is 0.155. The first-order valence-electron chi connectivity index (χ1n) is 6.05. The normalized spacial score (nSPS) is 11.9. The summed E-state index contributed by atoms with van der Waals surface area (Å²) >= 11 is 24.6. The van der Waals surface area contributed by atoms with Gasteiger partial charge in [0.2, 0.25) is 0 Å². The van der Waals surface area contributed by atoms with E-state index in [1.165, 1.54) is 0 Å². The Balaban J connectivity index is 2.67. The van der Waals surface area contributed by atoms with E-state index in [0.717, 1.165) is 11.3 Å². The summed E-state index contributed by atoms with van der Waals surface area (Å²) in [6.45, 7) is 6.19. The van der Waals surface area contributed by atoms with Gasteiger partial charge in [-0.2, -0.15) is 5.10 Å². The molecule has 2 rings (SSSR count). The van der Waals surface area contributed by atoms with Gasteiger partial charge in [0.15, 0.2) is 0 Å². The van der Waals surface area contributed by atoms with E-state index in [0.29, 0.717) is 26.8 Å². The molecular weight excluding hydrogens is 338 g/mol. The molecule has 0 aliphatic heterocycles. The van der Waals surface area contributed by atoms with Gasteiger partial charge in [-0.15, -0.1) is 11.6 Å². The molecule has 0 fully saturated rings. The Bertz CT molecular complexity index is 641. The predicted molar refractivity (Wildman–Crippen MR) is 86.9 cm³/mol. The lowest BCUT2D eigenvalue weighted by molar-refractivity contribution is 0.556. The molecule has 0 atom stereocenters. The van der Waals surface area contributed by atoms with E-state index in [-0.39, 0.29) is 5.41 Å². The van der Waals surface area contributed by atoms with Gasteiger partial charge in [-0.25, -0.2) is 4.68 Å². The summed E-state index contributed by atoms with van der Waals surface area (Å²) in [7, 11) is 0. The number of rotatable bonds is 2. The first-order chi connectivity index (χ1) is 9.25. The van der Waals surface area contributed by atoms with E-state index in [1.807, 2.05) is 0 Å². The standard InChI is InChI=1S/C14H14Cl4N2/c1-14(2,3)12-9(7-15)13(18)20(19-12)11-5-4-8(16)6-10(11)17/h4-6H,7H2,1-3H3. The number of hydrogen-bond donors (Lipinski definition) is 0. The lowest BCUT2D eigenvalue weighted by Crippen LogP contribution is -2.14. The van der Waals surface area contributed by atoms with Crippen molar-refractivity contribution in [1.29, 1.82) is 0 Å². The Morgan fingerprint density at radius 1 is 1.15 bits per heavy atom. The number of halogens is 4. The average Bonchev–Trinajstić information content (AvgIpc) is 2.66. The third-order valence-corrected chi connectivity index (χ3v) is 4.10. The van der Waals surface area contributed by atoms with Crippen LogP contribution in [0.5, 0.6) is 0 Å². The Hall–Kier alpha value is -0.410. The van der Waals surface area contributed by atoms with Gasteiger partial charge in [0.05, 0.1) is 22.3 Å². The topological polar surface area (TPSA) is 17.8 Å². The molecule has 0 N–H and O–H groups in total. The van der Waals surface area contributed by atoms with Gasteiger partial charge in [0.25, 0.3) is 0 Å². The van der Waals surface area contributed by atoms with Crippen molar-refractivity contribution >= 4 is 46.4 Å². The maximum absolute atomic E-state index is 6.41. The Morgan fingerprint density at radius 3 is 2.25 bits per heavy atom. The fourth-order valence-corrected chi connectivity index (χ4v) is 3.06. The van der Waals surface area contributed by atoms with E-state index in [2.05, 4.69) is 25.9 Å². The van der Waals surface area contributed by atoms with Gasteiger partial charge < -0.3 is 0 Å². The van der Waals surface area contributed by atoms with Gasteiger partial charge in [-0.1, -0.05) is 55.6 Å². The van der Waals surface area contributed by atoms with Crippen molar-refractivity contribution < 1.29 is 0 Å². The van der Waals surface area contributed by atoms with Crippen molar-refractivity contribution in [3.05, 3.63) is 44.7 Å². The average molecular weight is 352 g/mol. The van der Waals surface area contributed by atoms with Crippen molar-refractivity contribution in [3.63, 3.8) is 0 Å². The highest BCUT2D eigenvalue weighted by Gasteiger charge is 2.26. The first-order valence-corrected chi connectivity index (χ1v) is 7.72. The largest absolute Gasteiger partial charge is 0.220 e. The fraction of sp³-hybridized carbons (Fsp3) is 0.357. The number of alkyl halides is 1. The van der Waals surface area contributed by atoms with Crippen LogP contribution in [-0.4, -0.2) is 9.78 Å². The van der Waals surface area contributed by atoms with Gasteiger partial charge in [0.1, 0.15) is 5.15 Å². The molecule has 0 saturated carbocycles. The molecule has 0 aliphatic carbocycles. The van der Waals surface area contributed by atoms with Crippen LogP contribution in [0.3, 0.4) is 0 Å². The second-order valence-electron chi connectivity index (χ2n) is 5.51. The number of benzene rings is 1. The zero-order valence-electron chi connectivity index (χ0n) is 11.3. The van der Waals surface area contributed by atoms with Gasteiger partial charge >= 0.3 is 0 Å². The highest BCUT2D eigenvalue weighted by molar-refractivity contribution is 6.36. The number of nitrogens with zero attached hydrogens (tertiary/aromatic N) is 2. The lowest BCUT2D eigenvalue weighted by atomic mass is 9.90. The van der Waals surface area contributed by atoms with Crippen LogP contribution < -0.4 is 0 Å². The molecule has 0 unspecified atom stereocenters. The summed E-state index contributed by atoms with van der Waals surface area (Å²) < 4.78 is 1.61. The van der Waals surface area contributed by atoms with Crippen LogP contribution in [0.4, 0.5) is 0 Å². The summed E-state index contributed by atoms with van der Waals surface area (Å²) in [5.41, 5.74) is 2.22. The maximum atomic E-state index is 6.41. The predicted octanol–water partition coefficient (Wildman–Crippen LogP) is 5.87. The van der Waals surface area contributed by atoms with Crippen LogP contribution >= 0.6 is 46.4 Å². The van der Waals surface area contributed by atoms with Crippen LogP contribution in [0, 0.1) is 0 Å². The zero-order chi connectivity index (χ0) is 15.1. The van der Waals surface area contributed by atoms with Crippen molar-refractivity contribution in [3.8, 4) is 5.69 Å². The monoisotopic (exact) mass is 350 g/mol.